The van der Waals surface area contributed by atoms with Gasteiger partial charge in [-0.05, 0) is 32.0 Å². The second-order valence-corrected chi connectivity index (χ2v) is 4.35. The van der Waals surface area contributed by atoms with Crippen LogP contribution in [-0.2, 0) is 12.7 Å². The van der Waals surface area contributed by atoms with Crippen LogP contribution in [0, 0.1) is 19.7 Å². The lowest BCUT2D eigenvalue weighted by Gasteiger charge is -2.11. The lowest BCUT2D eigenvalue weighted by Crippen LogP contribution is -2.09. The molecule has 0 radical (unpaired) electrons. The molecule has 0 aliphatic rings. The summed E-state index contributed by atoms with van der Waals surface area (Å²) in [5, 5.41) is 6.55. The van der Waals surface area contributed by atoms with Crippen molar-refractivity contribution in [3.63, 3.8) is 0 Å². The number of aromatic nitrogens is 1. The zero-order valence-electron chi connectivity index (χ0n) is 10.8. The van der Waals surface area contributed by atoms with E-state index in [0.717, 1.165) is 17.7 Å². The van der Waals surface area contributed by atoms with Gasteiger partial charge in [0.2, 0.25) is 0 Å². The molecule has 1 heterocycles. The highest BCUT2D eigenvalue weighted by Gasteiger charge is 2.34. The van der Waals surface area contributed by atoms with Crippen molar-refractivity contribution in [3.05, 3.63) is 46.6 Å². The zero-order chi connectivity index (χ0) is 14.9. The van der Waals surface area contributed by atoms with E-state index in [4.69, 9.17) is 4.52 Å². The number of rotatable bonds is 3. The monoisotopic (exact) mass is 288 g/mol. The summed E-state index contributed by atoms with van der Waals surface area (Å²) in [6.45, 7) is 3.70. The van der Waals surface area contributed by atoms with Gasteiger partial charge in [0, 0.05) is 17.8 Å². The molecular formula is C13H12F4N2O. The van der Waals surface area contributed by atoms with Crippen LogP contribution < -0.4 is 5.32 Å². The minimum atomic E-state index is -4.72. The molecule has 0 spiro atoms. The first-order valence-electron chi connectivity index (χ1n) is 5.81. The summed E-state index contributed by atoms with van der Waals surface area (Å²) in [5.41, 5.74) is 0.316. The maximum Gasteiger partial charge on any atom is 0.419 e. The SMILES string of the molecule is Cc1noc(C)c1CNc1ccc(F)c(C(F)(F)F)c1. The van der Waals surface area contributed by atoms with Crippen LogP contribution in [0.5, 0.6) is 0 Å². The lowest BCUT2D eigenvalue weighted by molar-refractivity contribution is -0.139. The maximum absolute atomic E-state index is 13.1. The average molecular weight is 288 g/mol. The van der Waals surface area contributed by atoms with Crippen molar-refractivity contribution in [2.45, 2.75) is 26.6 Å². The number of aryl methyl sites for hydroxylation is 2. The maximum atomic E-state index is 13.1. The molecule has 0 amide bonds. The summed E-state index contributed by atoms with van der Waals surface area (Å²) in [4.78, 5) is 0. The first-order valence-corrected chi connectivity index (χ1v) is 5.81. The van der Waals surface area contributed by atoms with Crippen molar-refractivity contribution in [1.82, 2.24) is 5.16 Å². The molecule has 1 aromatic carbocycles. The van der Waals surface area contributed by atoms with E-state index in [1.54, 1.807) is 13.8 Å². The molecule has 0 unspecified atom stereocenters. The van der Waals surface area contributed by atoms with Crippen molar-refractivity contribution >= 4 is 5.69 Å². The summed E-state index contributed by atoms with van der Waals surface area (Å²) >= 11 is 0. The Balaban J connectivity index is 2.19. The molecule has 0 saturated heterocycles. The van der Waals surface area contributed by atoms with Crippen LogP contribution in [-0.4, -0.2) is 5.16 Å². The van der Waals surface area contributed by atoms with Gasteiger partial charge >= 0.3 is 6.18 Å². The van der Waals surface area contributed by atoms with Gasteiger partial charge in [0.15, 0.2) is 0 Å². The Morgan fingerprint density at radius 3 is 2.50 bits per heavy atom. The normalized spacial score (nSPS) is 11.7. The van der Waals surface area contributed by atoms with E-state index < -0.39 is 17.6 Å². The number of hydrogen-bond acceptors (Lipinski definition) is 3. The number of hydrogen-bond donors (Lipinski definition) is 1. The van der Waals surface area contributed by atoms with E-state index in [1.165, 1.54) is 6.07 Å². The van der Waals surface area contributed by atoms with E-state index in [-0.39, 0.29) is 12.2 Å². The third-order valence-electron chi connectivity index (χ3n) is 2.92. The standard InChI is InChI=1S/C13H12F4N2O/c1-7-10(8(2)20-19-7)6-18-9-3-4-12(14)11(5-9)13(15,16)17/h3-5,18H,6H2,1-2H3. The van der Waals surface area contributed by atoms with Gasteiger partial charge in [-0.25, -0.2) is 4.39 Å². The summed E-state index contributed by atoms with van der Waals surface area (Å²) in [6, 6.07) is 2.79. The van der Waals surface area contributed by atoms with Gasteiger partial charge in [-0.15, -0.1) is 0 Å². The smallest absolute Gasteiger partial charge is 0.381 e. The van der Waals surface area contributed by atoms with Gasteiger partial charge in [-0.3, -0.25) is 0 Å². The molecule has 0 saturated carbocycles. The lowest BCUT2D eigenvalue weighted by atomic mass is 10.1. The second-order valence-electron chi connectivity index (χ2n) is 4.35. The third-order valence-corrected chi connectivity index (χ3v) is 2.92. The van der Waals surface area contributed by atoms with Gasteiger partial charge in [-0.2, -0.15) is 13.2 Å². The van der Waals surface area contributed by atoms with Crippen molar-refractivity contribution in [2.24, 2.45) is 0 Å². The molecule has 2 rings (SSSR count). The van der Waals surface area contributed by atoms with Crippen molar-refractivity contribution < 1.29 is 22.1 Å². The third kappa shape index (κ3) is 2.92. The molecule has 1 aromatic heterocycles. The predicted molar refractivity (Wildman–Crippen MR) is 64.7 cm³/mol. The summed E-state index contributed by atoms with van der Waals surface area (Å²) in [5.74, 6) is -0.700. The fourth-order valence-corrected chi connectivity index (χ4v) is 1.80. The molecule has 0 aliphatic carbocycles. The van der Waals surface area contributed by atoms with Crippen LogP contribution in [0.2, 0.25) is 0 Å². The number of alkyl halides is 3. The Morgan fingerprint density at radius 1 is 1.25 bits per heavy atom. The Kier molecular flexibility index (Phi) is 3.69. The van der Waals surface area contributed by atoms with Crippen LogP contribution >= 0.6 is 0 Å². The Hall–Kier alpha value is -2.05. The van der Waals surface area contributed by atoms with E-state index in [0.29, 0.717) is 11.5 Å². The van der Waals surface area contributed by atoms with Crippen molar-refractivity contribution in [3.8, 4) is 0 Å². The zero-order valence-corrected chi connectivity index (χ0v) is 10.8. The first-order chi connectivity index (χ1) is 9.29. The molecular weight excluding hydrogens is 276 g/mol. The second kappa shape index (κ2) is 5.15. The largest absolute Gasteiger partial charge is 0.419 e. The first kappa shape index (κ1) is 14.4. The van der Waals surface area contributed by atoms with Gasteiger partial charge in [-0.1, -0.05) is 5.16 Å². The van der Waals surface area contributed by atoms with E-state index in [1.807, 2.05) is 0 Å². The van der Waals surface area contributed by atoms with E-state index in [9.17, 15) is 17.6 Å². The Labute approximate surface area is 112 Å². The highest BCUT2D eigenvalue weighted by molar-refractivity contribution is 5.47. The minimum Gasteiger partial charge on any atom is -0.381 e. The number of benzene rings is 1. The molecule has 7 heteroatoms. The molecule has 108 valence electrons. The van der Waals surface area contributed by atoms with E-state index >= 15 is 0 Å². The highest BCUT2D eigenvalue weighted by atomic mass is 19.4. The van der Waals surface area contributed by atoms with Crippen LogP contribution in [0.25, 0.3) is 0 Å². The number of nitrogens with one attached hydrogen (secondary N) is 1. The van der Waals surface area contributed by atoms with Crippen molar-refractivity contribution in [2.75, 3.05) is 5.32 Å². The van der Waals surface area contributed by atoms with Crippen LogP contribution in [0.1, 0.15) is 22.6 Å². The summed E-state index contributed by atoms with van der Waals surface area (Å²) in [6.07, 6.45) is -4.72. The van der Waals surface area contributed by atoms with Gasteiger partial charge in [0.1, 0.15) is 11.6 Å². The minimum absolute atomic E-state index is 0.179. The van der Waals surface area contributed by atoms with Crippen LogP contribution in [0.15, 0.2) is 22.7 Å². The number of nitrogens with zero attached hydrogens (tertiary/aromatic N) is 1. The van der Waals surface area contributed by atoms with E-state index in [2.05, 4.69) is 10.5 Å². The van der Waals surface area contributed by atoms with Crippen LogP contribution in [0.4, 0.5) is 23.2 Å². The molecule has 0 atom stereocenters. The summed E-state index contributed by atoms with van der Waals surface area (Å²) in [7, 11) is 0. The number of anilines is 1. The average Bonchev–Trinajstić information content (AvgIpc) is 2.67. The fourth-order valence-electron chi connectivity index (χ4n) is 1.80. The quantitative estimate of drug-likeness (QED) is 0.865. The van der Waals surface area contributed by atoms with Gasteiger partial charge in [0.25, 0.3) is 0 Å². The topological polar surface area (TPSA) is 38.1 Å². The Bertz CT molecular complexity index is 600. The molecule has 2 aromatic rings. The van der Waals surface area contributed by atoms with Gasteiger partial charge in [0.05, 0.1) is 11.3 Å². The predicted octanol–water partition coefficient (Wildman–Crippen LogP) is 4.06. The number of halogens is 4. The Morgan fingerprint density at radius 2 is 1.95 bits per heavy atom. The molecule has 0 fully saturated rings. The molecule has 0 aliphatic heterocycles. The molecule has 1 N–H and O–H groups in total. The summed E-state index contributed by atoms with van der Waals surface area (Å²) < 4.78 is 55.8. The van der Waals surface area contributed by atoms with Gasteiger partial charge < -0.3 is 9.84 Å². The highest BCUT2D eigenvalue weighted by Crippen LogP contribution is 2.33. The fraction of sp³-hybridized carbons (Fsp3) is 0.308. The van der Waals surface area contributed by atoms with Crippen molar-refractivity contribution in [1.29, 1.82) is 0 Å². The molecule has 3 nitrogen and oxygen atoms in total. The van der Waals surface area contributed by atoms with Crippen LogP contribution in [0.3, 0.4) is 0 Å². The molecule has 0 bridgehead atoms. The molecule has 20 heavy (non-hydrogen) atoms.